The van der Waals surface area contributed by atoms with Gasteiger partial charge in [0.05, 0.1) is 16.3 Å². The lowest BCUT2D eigenvalue weighted by molar-refractivity contribution is -0.0498. The molecular formula is C12H13BrClF2NO2. The molecule has 2 rings (SSSR count). The molecule has 0 aliphatic carbocycles. The fourth-order valence-corrected chi connectivity index (χ4v) is 2.83. The minimum absolute atomic E-state index is 0.0531. The molecule has 1 aromatic rings. The number of rotatable bonds is 5. The molecule has 1 aliphatic heterocycles. The van der Waals surface area contributed by atoms with Gasteiger partial charge >= 0.3 is 6.61 Å². The molecule has 0 bridgehead atoms. The molecule has 1 fully saturated rings. The summed E-state index contributed by atoms with van der Waals surface area (Å²) >= 11 is 9.08. The predicted molar refractivity (Wildman–Crippen MR) is 73.2 cm³/mol. The van der Waals surface area contributed by atoms with Crippen LogP contribution in [0.3, 0.4) is 0 Å². The quantitative estimate of drug-likeness (QED) is 0.853. The van der Waals surface area contributed by atoms with E-state index in [1.54, 1.807) is 6.07 Å². The highest BCUT2D eigenvalue weighted by atomic mass is 79.9. The molecular weight excluding hydrogens is 343 g/mol. The van der Waals surface area contributed by atoms with E-state index in [1.807, 2.05) is 0 Å². The maximum Gasteiger partial charge on any atom is 0.387 e. The monoisotopic (exact) mass is 355 g/mol. The number of halogens is 4. The van der Waals surface area contributed by atoms with E-state index in [0.29, 0.717) is 21.7 Å². The number of hydrogen-bond acceptors (Lipinski definition) is 3. The Morgan fingerprint density at radius 2 is 2.32 bits per heavy atom. The summed E-state index contributed by atoms with van der Waals surface area (Å²) in [5.74, 6) is 0.0531. The van der Waals surface area contributed by atoms with Crippen LogP contribution in [-0.4, -0.2) is 25.9 Å². The Bertz CT molecular complexity index is 442. The summed E-state index contributed by atoms with van der Waals surface area (Å²) in [6.45, 7) is -1.61. The van der Waals surface area contributed by atoms with E-state index in [2.05, 4.69) is 26.0 Å². The van der Waals surface area contributed by atoms with Gasteiger partial charge < -0.3 is 14.8 Å². The van der Waals surface area contributed by atoms with Crippen LogP contribution < -0.4 is 10.1 Å². The maximum absolute atomic E-state index is 12.4. The van der Waals surface area contributed by atoms with Crippen molar-refractivity contribution in [1.29, 1.82) is 0 Å². The summed E-state index contributed by atoms with van der Waals surface area (Å²) < 4.78 is 35.1. The second-order valence-corrected chi connectivity index (χ2v) is 5.45. The van der Waals surface area contributed by atoms with Gasteiger partial charge in [0, 0.05) is 18.2 Å². The summed E-state index contributed by atoms with van der Waals surface area (Å²) in [6.07, 6.45) is 2.07. The van der Waals surface area contributed by atoms with Crippen molar-refractivity contribution in [2.45, 2.75) is 25.6 Å². The molecule has 0 radical (unpaired) electrons. The molecule has 3 nitrogen and oxygen atoms in total. The topological polar surface area (TPSA) is 30.5 Å². The van der Waals surface area contributed by atoms with Crippen LogP contribution in [0.4, 0.5) is 14.5 Å². The van der Waals surface area contributed by atoms with Crippen molar-refractivity contribution in [2.24, 2.45) is 0 Å². The van der Waals surface area contributed by atoms with Gasteiger partial charge in [0.15, 0.2) is 5.75 Å². The average molecular weight is 357 g/mol. The Balaban J connectivity index is 2.11. The van der Waals surface area contributed by atoms with E-state index in [9.17, 15) is 8.78 Å². The number of benzene rings is 1. The van der Waals surface area contributed by atoms with Crippen molar-refractivity contribution in [3.63, 3.8) is 0 Å². The fourth-order valence-electron chi connectivity index (χ4n) is 1.93. The zero-order valence-electron chi connectivity index (χ0n) is 9.97. The second-order valence-electron chi connectivity index (χ2n) is 4.16. The summed E-state index contributed by atoms with van der Waals surface area (Å²) in [4.78, 5) is 0. The Kier molecular flexibility index (Phi) is 5.24. The molecule has 106 valence electrons. The van der Waals surface area contributed by atoms with Crippen LogP contribution in [0, 0.1) is 0 Å². The molecule has 19 heavy (non-hydrogen) atoms. The molecule has 0 spiro atoms. The van der Waals surface area contributed by atoms with E-state index in [1.165, 1.54) is 6.07 Å². The smallest absolute Gasteiger partial charge is 0.387 e. The van der Waals surface area contributed by atoms with Crippen LogP contribution in [0.25, 0.3) is 0 Å². The molecule has 7 heteroatoms. The Morgan fingerprint density at radius 1 is 1.53 bits per heavy atom. The van der Waals surface area contributed by atoms with E-state index >= 15 is 0 Å². The van der Waals surface area contributed by atoms with E-state index in [-0.39, 0.29) is 11.9 Å². The molecule has 1 heterocycles. The highest BCUT2D eigenvalue weighted by Gasteiger charge is 2.18. The summed E-state index contributed by atoms with van der Waals surface area (Å²) in [5.41, 5.74) is 0.426. The number of alkyl halides is 2. The minimum Gasteiger partial charge on any atom is -0.431 e. The van der Waals surface area contributed by atoms with Crippen molar-refractivity contribution >= 4 is 33.2 Å². The second kappa shape index (κ2) is 6.72. The summed E-state index contributed by atoms with van der Waals surface area (Å²) in [5, 5.41) is 3.48. The number of ether oxygens (including phenoxy) is 2. The number of anilines is 1. The van der Waals surface area contributed by atoms with Crippen molar-refractivity contribution < 1.29 is 18.3 Å². The largest absolute Gasteiger partial charge is 0.431 e. The summed E-state index contributed by atoms with van der Waals surface area (Å²) in [7, 11) is 0. The molecule has 0 amide bonds. The van der Waals surface area contributed by atoms with Crippen molar-refractivity contribution in [3.8, 4) is 5.75 Å². The number of nitrogens with one attached hydrogen (secondary N) is 1. The van der Waals surface area contributed by atoms with Crippen LogP contribution in [0.5, 0.6) is 5.75 Å². The van der Waals surface area contributed by atoms with Gasteiger partial charge in [-0.3, -0.25) is 0 Å². The van der Waals surface area contributed by atoms with Crippen LogP contribution in [-0.2, 0) is 4.74 Å². The van der Waals surface area contributed by atoms with Gasteiger partial charge in [-0.05, 0) is 40.9 Å². The molecule has 1 saturated heterocycles. The van der Waals surface area contributed by atoms with Crippen molar-refractivity contribution in [3.05, 3.63) is 21.6 Å². The van der Waals surface area contributed by atoms with Crippen molar-refractivity contribution in [1.82, 2.24) is 0 Å². The molecule has 1 unspecified atom stereocenters. The molecule has 1 aromatic carbocycles. The third-order valence-electron chi connectivity index (χ3n) is 2.76. The van der Waals surface area contributed by atoms with Gasteiger partial charge in [-0.15, -0.1) is 0 Å². The maximum atomic E-state index is 12.4. The van der Waals surface area contributed by atoms with Crippen LogP contribution >= 0.6 is 27.5 Å². The van der Waals surface area contributed by atoms with Gasteiger partial charge in [0.1, 0.15) is 0 Å². The first-order chi connectivity index (χ1) is 9.06. The van der Waals surface area contributed by atoms with Crippen LogP contribution in [0.2, 0.25) is 5.02 Å². The minimum atomic E-state index is -2.89. The molecule has 1 aliphatic rings. The highest BCUT2D eigenvalue weighted by molar-refractivity contribution is 9.10. The van der Waals surface area contributed by atoms with Gasteiger partial charge in [-0.25, -0.2) is 0 Å². The Hall–Kier alpha value is -0.590. The first-order valence-electron chi connectivity index (χ1n) is 5.85. The Labute approximate surface area is 123 Å². The SMILES string of the molecule is FC(F)Oc1c(Br)cc(Cl)cc1NCC1CCCO1. The highest BCUT2D eigenvalue weighted by Crippen LogP contribution is 2.37. The van der Waals surface area contributed by atoms with Gasteiger partial charge in [-0.1, -0.05) is 11.6 Å². The lowest BCUT2D eigenvalue weighted by Crippen LogP contribution is -2.19. The zero-order chi connectivity index (χ0) is 13.8. The van der Waals surface area contributed by atoms with Gasteiger partial charge in [-0.2, -0.15) is 8.78 Å². The molecule has 1 atom stereocenters. The first kappa shape index (κ1) is 14.8. The average Bonchev–Trinajstić information content (AvgIpc) is 2.83. The van der Waals surface area contributed by atoms with Crippen LogP contribution in [0.1, 0.15) is 12.8 Å². The van der Waals surface area contributed by atoms with Gasteiger partial charge in [0.2, 0.25) is 0 Å². The van der Waals surface area contributed by atoms with Gasteiger partial charge in [0.25, 0.3) is 0 Å². The lowest BCUT2D eigenvalue weighted by Gasteiger charge is -2.17. The molecule has 0 aromatic heterocycles. The normalized spacial score (nSPS) is 18.9. The predicted octanol–water partition coefficient (Wildman–Crippen LogP) is 4.29. The molecule has 0 saturated carbocycles. The van der Waals surface area contributed by atoms with E-state index in [4.69, 9.17) is 16.3 Å². The van der Waals surface area contributed by atoms with E-state index < -0.39 is 6.61 Å². The first-order valence-corrected chi connectivity index (χ1v) is 7.02. The zero-order valence-corrected chi connectivity index (χ0v) is 12.3. The standard InChI is InChI=1S/C12H13BrClF2NO2/c13-9-4-7(14)5-10(11(9)19-12(15)16)17-6-8-2-1-3-18-8/h4-5,8,12,17H,1-3,6H2. The Morgan fingerprint density at radius 3 is 2.95 bits per heavy atom. The third-order valence-corrected chi connectivity index (χ3v) is 3.57. The van der Waals surface area contributed by atoms with E-state index in [0.717, 1.165) is 19.4 Å². The molecule has 1 N–H and O–H groups in total. The third kappa shape index (κ3) is 4.19. The lowest BCUT2D eigenvalue weighted by atomic mass is 10.2. The van der Waals surface area contributed by atoms with Crippen molar-refractivity contribution in [2.75, 3.05) is 18.5 Å². The number of hydrogen-bond donors (Lipinski definition) is 1. The fraction of sp³-hybridized carbons (Fsp3) is 0.500. The summed E-state index contributed by atoms with van der Waals surface area (Å²) in [6, 6.07) is 3.06. The van der Waals surface area contributed by atoms with Crippen LogP contribution in [0.15, 0.2) is 16.6 Å².